The molecule has 3 aromatic rings. The van der Waals surface area contributed by atoms with Crippen molar-refractivity contribution in [2.75, 3.05) is 12.5 Å². The summed E-state index contributed by atoms with van der Waals surface area (Å²) in [6, 6.07) is 17.0. The van der Waals surface area contributed by atoms with Crippen molar-refractivity contribution < 1.29 is 16.8 Å². The Bertz CT molecular complexity index is 1190. The fourth-order valence-corrected chi connectivity index (χ4v) is 6.88. The summed E-state index contributed by atoms with van der Waals surface area (Å²) < 4.78 is 47.6. The molecule has 6 nitrogen and oxygen atoms in total. The quantitative estimate of drug-likeness (QED) is 0.596. The van der Waals surface area contributed by atoms with Gasteiger partial charge in [-0.25, -0.2) is 21.8 Å². The summed E-state index contributed by atoms with van der Waals surface area (Å²) in [6.07, 6.45) is 3.50. The molecular formula is C21H22N2O4S2. The zero-order valence-corrected chi connectivity index (χ0v) is 18.0. The molecule has 0 aliphatic carbocycles. The average Bonchev–Trinajstić information content (AvgIpc) is 2.62. The molecule has 0 radical (unpaired) electrons. The molecule has 0 saturated heterocycles. The first kappa shape index (κ1) is 21.1. The minimum atomic E-state index is -3.96. The van der Waals surface area contributed by atoms with E-state index in [0.29, 0.717) is 11.4 Å². The van der Waals surface area contributed by atoms with Crippen molar-refractivity contribution in [1.29, 1.82) is 0 Å². The van der Waals surface area contributed by atoms with Gasteiger partial charge < -0.3 is 0 Å². The van der Waals surface area contributed by atoms with Gasteiger partial charge in [0, 0.05) is 24.5 Å². The van der Waals surface area contributed by atoms with Crippen LogP contribution in [-0.4, -0.2) is 39.3 Å². The van der Waals surface area contributed by atoms with Crippen LogP contribution in [-0.2, 0) is 26.1 Å². The Hall–Kier alpha value is -2.58. The summed E-state index contributed by atoms with van der Waals surface area (Å²) in [5, 5.41) is 0. The molecule has 0 N–H and O–H groups in total. The Kier molecular flexibility index (Phi) is 5.86. The molecule has 0 aliphatic heterocycles. The molecule has 1 aromatic heterocycles. The van der Waals surface area contributed by atoms with Crippen LogP contribution in [0.5, 0.6) is 0 Å². The highest BCUT2D eigenvalue weighted by molar-refractivity contribution is 8.07. The summed E-state index contributed by atoms with van der Waals surface area (Å²) >= 11 is 0. The lowest BCUT2D eigenvalue weighted by atomic mass is 10.1. The van der Waals surface area contributed by atoms with E-state index < -0.39 is 24.3 Å². The Morgan fingerprint density at radius 1 is 0.862 bits per heavy atom. The molecule has 0 unspecified atom stereocenters. The van der Waals surface area contributed by atoms with Gasteiger partial charge in [0.2, 0.25) is 4.58 Å². The molecule has 2 aromatic carbocycles. The van der Waals surface area contributed by atoms with Crippen molar-refractivity contribution in [3.63, 3.8) is 0 Å². The van der Waals surface area contributed by atoms with Crippen LogP contribution in [0.2, 0.25) is 0 Å². The molecule has 8 heteroatoms. The summed E-state index contributed by atoms with van der Waals surface area (Å²) in [6.45, 7) is 1.97. The molecular weight excluding hydrogens is 408 g/mol. The van der Waals surface area contributed by atoms with Gasteiger partial charge in [0.1, 0.15) is 0 Å². The van der Waals surface area contributed by atoms with Crippen LogP contribution in [0.3, 0.4) is 0 Å². The van der Waals surface area contributed by atoms with Gasteiger partial charge in [0.15, 0.2) is 19.7 Å². The monoisotopic (exact) mass is 430 g/mol. The second-order valence-corrected chi connectivity index (χ2v) is 11.7. The fraction of sp³-hybridized carbons (Fsp3) is 0.238. The second-order valence-electron chi connectivity index (χ2n) is 7.11. The molecule has 0 spiro atoms. The summed E-state index contributed by atoms with van der Waals surface area (Å²) in [4.78, 5) is 8.91. The molecule has 0 saturated carbocycles. The summed E-state index contributed by atoms with van der Waals surface area (Å²) in [5.41, 5.74) is 3.63. The van der Waals surface area contributed by atoms with Gasteiger partial charge in [-0.05, 0) is 12.5 Å². The van der Waals surface area contributed by atoms with Crippen molar-refractivity contribution in [2.24, 2.45) is 0 Å². The van der Waals surface area contributed by atoms with E-state index in [0.717, 1.165) is 29.2 Å². The van der Waals surface area contributed by atoms with Crippen molar-refractivity contribution >= 4 is 19.7 Å². The number of hydrogen-bond acceptors (Lipinski definition) is 6. The highest BCUT2D eigenvalue weighted by atomic mass is 32.3. The van der Waals surface area contributed by atoms with Crippen LogP contribution in [0.15, 0.2) is 60.8 Å². The standard InChI is InChI=1S/C21H22N2O4S2/c1-15-9-11-17(12-10-15)19-14-22-20(21(28(2,24)25)29(3,26)27)18(23-19)13-16-7-5-4-6-8-16/h4-12,14,21H,13H2,1-3H3. The first-order valence-corrected chi connectivity index (χ1v) is 12.8. The van der Waals surface area contributed by atoms with Gasteiger partial charge in [0.25, 0.3) is 0 Å². The number of hydrogen-bond donors (Lipinski definition) is 0. The minimum absolute atomic E-state index is 0.0466. The Morgan fingerprint density at radius 3 is 2.00 bits per heavy atom. The Morgan fingerprint density at radius 2 is 1.45 bits per heavy atom. The number of rotatable bonds is 6. The minimum Gasteiger partial charge on any atom is -0.255 e. The topological polar surface area (TPSA) is 94.1 Å². The lowest BCUT2D eigenvalue weighted by Crippen LogP contribution is -2.24. The zero-order valence-electron chi connectivity index (χ0n) is 16.4. The van der Waals surface area contributed by atoms with E-state index in [4.69, 9.17) is 0 Å². The van der Waals surface area contributed by atoms with E-state index in [1.54, 1.807) is 0 Å². The molecule has 0 aliphatic rings. The van der Waals surface area contributed by atoms with Crippen molar-refractivity contribution in [3.05, 3.63) is 83.3 Å². The number of nitrogens with zero attached hydrogens (tertiary/aromatic N) is 2. The van der Waals surface area contributed by atoms with Gasteiger partial charge in [-0.1, -0.05) is 60.2 Å². The number of aryl methyl sites for hydroxylation is 1. The number of benzene rings is 2. The summed E-state index contributed by atoms with van der Waals surface area (Å²) in [7, 11) is -7.93. The van der Waals surface area contributed by atoms with Crippen LogP contribution in [0.25, 0.3) is 11.3 Å². The third-order valence-electron chi connectivity index (χ3n) is 4.44. The maximum absolute atomic E-state index is 12.3. The normalized spacial score (nSPS) is 12.3. The van der Waals surface area contributed by atoms with Gasteiger partial charge in [-0.3, -0.25) is 4.98 Å². The van der Waals surface area contributed by atoms with Crippen LogP contribution in [0.1, 0.15) is 27.1 Å². The van der Waals surface area contributed by atoms with E-state index in [1.165, 1.54) is 6.20 Å². The first-order valence-electron chi connectivity index (χ1n) is 8.90. The Labute approximate surface area is 171 Å². The van der Waals surface area contributed by atoms with E-state index >= 15 is 0 Å². The fourth-order valence-electron chi connectivity index (χ4n) is 3.14. The lowest BCUT2D eigenvalue weighted by Gasteiger charge is -2.17. The first-order chi connectivity index (χ1) is 13.6. The molecule has 152 valence electrons. The van der Waals surface area contributed by atoms with E-state index in [9.17, 15) is 16.8 Å². The van der Waals surface area contributed by atoms with E-state index in [-0.39, 0.29) is 12.1 Å². The van der Waals surface area contributed by atoms with Crippen LogP contribution in [0, 0.1) is 6.92 Å². The predicted octanol–water partition coefficient (Wildman–Crippen LogP) is 3.13. The molecule has 1 heterocycles. The molecule has 0 amide bonds. The molecule has 29 heavy (non-hydrogen) atoms. The zero-order chi connectivity index (χ0) is 21.2. The number of sulfone groups is 2. The van der Waals surface area contributed by atoms with E-state index in [2.05, 4.69) is 9.97 Å². The highest BCUT2D eigenvalue weighted by Gasteiger charge is 2.36. The number of aromatic nitrogens is 2. The second kappa shape index (κ2) is 8.04. The van der Waals surface area contributed by atoms with Crippen molar-refractivity contribution in [2.45, 2.75) is 17.9 Å². The average molecular weight is 431 g/mol. The van der Waals surface area contributed by atoms with E-state index in [1.807, 2.05) is 61.5 Å². The third kappa shape index (κ3) is 5.07. The molecule has 3 rings (SSSR count). The van der Waals surface area contributed by atoms with Crippen molar-refractivity contribution in [1.82, 2.24) is 9.97 Å². The smallest absolute Gasteiger partial charge is 0.205 e. The maximum atomic E-state index is 12.3. The van der Waals surface area contributed by atoms with Gasteiger partial charge in [-0.15, -0.1) is 0 Å². The molecule has 0 fully saturated rings. The lowest BCUT2D eigenvalue weighted by molar-refractivity contribution is 0.581. The predicted molar refractivity (Wildman–Crippen MR) is 114 cm³/mol. The van der Waals surface area contributed by atoms with Gasteiger partial charge in [-0.2, -0.15) is 0 Å². The largest absolute Gasteiger partial charge is 0.255 e. The molecule has 0 bridgehead atoms. The van der Waals surface area contributed by atoms with Crippen LogP contribution >= 0.6 is 0 Å². The van der Waals surface area contributed by atoms with Crippen LogP contribution in [0.4, 0.5) is 0 Å². The maximum Gasteiger partial charge on any atom is 0.205 e. The van der Waals surface area contributed by atoms with Gasteiger partial charge >= 0.3 is 0 Å². The third-order valence-corrected chi connectivity index (χ3v) is 8.54. The van der Waals surface area contributed by atoms with Crippen LogP contribution < -0.4 is 0 Å². The highest BCUT2D eigenvalue weighted by Crippen LogP contribution is 2.30. The molecule has 0 atom stereocenters. The van der Waals surface area contributed by atoms with Crippen molar-refractivity contribution in [3.8, 4) is 11.3 Å². The Balaban J connectivity index is 2.20. The summed E-state index contributed by atoms with van der Waals surface area (Å²) in [5.74, 6) is 0. The van der Waals surface area contributed by atoms with Gasteiger partial charge in [0.05, 0.1) is 23.3 Å². The SMILES string of the molecule is Cc1ccc(-c2cnc(C(S(C)(=O)=O)S(C)(=O)=O)c(Cc3ccccc3)n2)cc1.